The van der Waals surface area contributed by atoms with Gasteiger partial charge in [0, 0.05) is 0 Å². The van der Waals surface area contributed by atoms with Gasteiger partial charge < -0.3 is 20.9 Å². The Labute approximate surface area is 126 Å². The Morgan fingerprint density at radius 3 is 2.41 bits per heavy atom. The second-order valence-corrected chi connectivity index (χ2v) is 3.91. The summed E-state index contributed by atoms with van der Waals surface area (Å²) in [5.41, 5.74) is 11.5. The summed E-state index contributed by atoms with van der Waals surface area (Å²) in [5.74, 6) is 1.35. The van der Waals surface area contributed by atoms with Crippen LogP contribution in [0, 0.1) is 0 Å². The SMILES string of the molecule is COc1cc(CN=C(N)N)cc(Br)c1OC.I. The standard InChI is InChI=1S/C10H14BrN3O2.HI/c1-15-8-4-6(5-14-10(12)13)3-7(11)9(8)16-2;/h3-4H,5H2,1-2H3,(H4,12,13,14);1H. The number of guanidine groups is 1. The fraction of sp³-hybridized carbons (Fsp3) is 0.300. The van der Waals surface area contributed by atoms with Crippen LogP contribution in [0.3, 0.4) is 0 Å². The lowest BCUT2D eigenvalue weighted by Crippen LogP contribution is -2.22. The van der Waals surface area contributed by atoms with Gasteiger partial charge in [0.15, 0.2) is 17.5 Å². The Kier molecular flexibility index (Phi) is 7.28. The van der Waals surface area contributed by atoms with Crippen molar-refractivity contribution in [3.8, 4) is 11.5 Å². The number of nitrogens with two attached hydrogens (primary N) is 2. The minimum absolute atomic E-state index is 0. The van der Waals surface area contributed by atoms with Crippen LogP contribution in [0.15, 0.2) is 21.6 Å². The molecule has 0 saturated heterocycles. The van der Waals surface area contributed by atoms with Gasteiger partial charge >= 0.3 is 0 Å². The number of nitrogens with zero attached hydrogens (tertiary/aromatic N) is 1. The maximum Gasteiger partial charge on any atom is 0.186 e. The minimum atomic E-state index is 0. The first-order valence-electron chi connectivity index (χ1n) is 4.54. The largest absolute Gasteiger partial charge is 0.493 e. The van der Waals surface area contributed by atoms with E-state index in [1.54, 1.807) is 14.2 Å². The lowest BCUT2D eigenvalue weighted by molar-refractivity contribution is 0.352. The van der Waals surface area contributed by atoms with Gasteiger partial charge in [0.1, 0.15) is 0 Å². The molecule has 1 aromatic carbocycles. The first-order chi connectivity index (χ1) is 7.58. The van der Waals surface area contributed by atoms with Crippen molar-refractivity contribution in [1.29, 1.82) is 0 Å². The van der Waals surface area contributed by atoms with Crippen molar-refractivity contribution in [2.75, 3.05) is 14.2 Å². The summed E-state index contributed by atoms with van der Waals surface area (Å²) in [6.07, 6.45) is 0. The van der Waals surface area contributed by atoms with Crippen molar-refractivity contribution >= 4 is 45.9 Å². The highest BCUT2D eigenvalue weighted by molar-refractivity contribution is 14.0. The molecular formula is C10H15BrIN3O2. The van der Waals surface area contributed by atoms with Gasteiger partial charge in [-0.1, -0.05) is 0 Å². The van der Waals surface area contributed by atoms with Crippen LogP contribution in [0.5, 0.6) is 11.5 Å². The highest BCUT2D eigenvalue weighted by Gasteiger charge is 2.09. The van der Waals surface area contributed by atoms with E-state index in [2.05, 4.69) is 20.9 Å². The van der Waals surface area contributed by atoms with Crippen LogP contribution >= 0.6 is 39.9 Å². The molecule has 0 spiro atoms. The summed E-state index contributed by atoms with van der Waals surface area (Å²) in [6.45, 7) is 0.404. The zero-order chi connectivity index (χ0) is 12.1. The molecule has 1 aromatic rings. The molecule has 5 nitrogen and oxygen atoms in total. The third-order valence-electron chi connectivity index (χ3n) is 1.94. The Hall–Kier alpha value is -0.700. The lowest BCUT2D eigenvalue weighted by atomic mass is 10.2. The average molecular weight is 416 g/mol. The summed E-state index contributed by atoms with van der Waals surface area (Å²) in [7, 11) is 3.16. The van der Waals surface area contributed by atoms with Crippen LogP contribution < -0.4 is 20.9 Å². The van der Waals surface area contributed by atoms with E-state index in [1.165, 1.54) is 0 Å². The minimum Gasteiger partial charge on any atom is -0.493 e. The molecule has 0 aliphatic rings. The van der Waals surface area contributed by atoms with E-state index in [0.717, 1.165) is 10.0 Å². The first-order valence-corrected chi connectivity index (χ1v) is 5.33. The molecule has 0 amide bonds. The van der Waals surface area contributed by atoms with Crippen molar-refractivity contribution in [2.45, 2.75) is 6.54 Å². The maximum atomic E-state index is 5.27. The molecule has 0 heterocycles. The van der Waals surface area contributed by atoms with E-state index in [-0.39, 0.29) is 29.9 Å². The molecule has 0 radical (unpaired) electrons. The molecule has 0 unspecified atom stereocenters. The number of aliphatic imine (C=N–C) groups is 1. The van der Waals surface area contributed by atoms with Crippen LogP contribution in [0.4, 0.5) is 0 Å². The molecule has 17 heavy (non-hydrogen) atoms. The van der Waals surface area contributed by atoms with E-state index < -0.39 is 0 Å². The number of hydrogen-bond acceptors (Lipinski definition) is 3. The topological polar surface area (TPSA) is 82.9 Å². The van der Waals surface area contributed by atoms with Gasteiger partial charge in [-0.25, -0.2) is 4.99 Å². The number of methoxy groups -OCH3 is 2. The fourth-order valence-corrected chi connectivity index (χ4v) is 1.90. The Balaban J connectivity index is 0.00000256. The Morgan fingerprint density at radius 2 is 1.94 bits per heavy atom. The smallest absolute Gasteiger partial charge is 0.186 e. The van der Waals surface area contributed by atoms with Crippen molar-refractivity contribution in [3.63, 3.8) is 0 Å². The molecule has 0 aliphatic carbocycles. The summed E-state index contributed by atoms with van der Waals surface area (Å²) >= 11 is 3.39. The van der Waals surface area contributed by atoms with Crippen LogP contribution in [0.25, 0.3) is 0 Å². The number of hydrogen-bond donors (Lipinski definition) is 2. The van der Waals surface area contributed by atoms with Crippen LogP contribution in [-0.4, -0.2) is 20.2 Å². The molecule has 0 fully saturated rings. The monoisotopic (exact) mass is 415 g/mol. The van der Waals surface area contributed by atoms with Gasteiger partial charge in [-0.3, -0.25) is 0 Å². The van der Waals surface area contributed by atoms with Gasteiger partial charge in [0.2, 0.25) is 0 Å². The zero-order valence-corrected chi connectivity index (χ0v) is 13.5. The van der Waals surface area contributed by atoms with E-state index in [9.17, 15) is 0 Å². The average Bonchev–Trinajstić information content (AvgIpc) is 2.25. The maximum absolute atomic E-state index is 5.27. The number of rotatable bonds is 4. The van der Waals surface area contributed by atoms with Crippen molar-refractivity contribution < 1.29 is 9.47 Å². The Bertz CT molecular complexity index is 409. The van der Waals surface area contributed by atoms with Crippen molar-refractivity contribution in [3.05, 3.63) is 22.2 Å². The molecule has 0 bridgehead atoms. The van der Waals surface area contributed by atoms with Crippen LogP contribution in [0.2, 0.25) is 0 Å². The van der Waals surface area contributed by atoms with Gasteiger partial charge in [-0.2, -0.15) is 0 Å². The second kappa shape index (κ2) is 7.59. The zero-order valence-electron chi connectivity index (χ0n) is 9.57. The molecule has 4 N–H and O–H groups in total. The van der Waals surface area contributed by atoms with E-state index in [1.807, 2.05) is 12.1 Å². The summed E-state index contributed by atoms with van der Waals surface area (Å²) < 4.78 is 11.2. The fourth-order valence-electron chi connectivity index (χ4n) is 1.25. The number of ether oxygens (including phenoxy) is 2. The molecule has 0 aromatic heterocycles. The number of halogens is 2. The van der Waals surface area contributed by atoms with E-state index >= 15 is 0 Å². The predicted octanol–water partition coefficient (Wildman–Crippen LogP) is 1.86. The van der Waals surface area contributed by atoms with Gasteiger partial charge in [0.05, 0.1) is 25.2 Å². The van der Waals surface area contributed by atoms with Crippen molar-refractivity contribution in [1.82, 2.24) is 0 Å². The molecular weight excluding hydrogens is 401 g/mol. The number of benzene rings is 1. The molecule has 96 valence electrons. The van der Waals surface area contributed by atoms with E-state index in [4.69, 9.17) is 20.9 Å². The Morgan fingerprint density at radius 1 is 1.29 bits per heavy atom. The summed E-state index contributed by atoms with van der Waals surface area (Å²) in [6, 6.07) is 3.71. The van der Waals surface area contributed by atoms with Crippen LogP contribution in [-0.2, 0) is 6.54 Å². The highest BCUT2D eigenvalue weighted by atomic mass is 127. The lowest BCUT2D eigenvalue weighted by Gasteiger charge is -2.11. The van der Waals surface area contributed by atoms with Crippen LogP contribution in [0.1, 0.15) is 5.56 Å². The molecule has 1 rings (SSSR count). The normalized spacial score (nSPS) is 9.12. The quantitative estimate of drug-likeness (QED) is 0.446. The van der Waals surface area contributed by atoms with Gasteiger partial charge in [-0.05, 0) is 33.6 Å². The molecule has 0 saturated carbocycles. The second-order valence-electron chi connectivity index (χ2n) is 3.05. The summed E-state index contributed by atoms with van der Waals surface area (Å²) in [4.78, 5) is 3.92. The van der Waals surface area contributed by atoms with E-state index in [0.29, 0.717) is 18.0 Å². The summed E-state index contributed by atoms with van der Waals surface area (Å²) in [5, 5.41) is 0. The third kappa shape index (κ3) is 4.58. The molecule has 0 atom stereocenters. The van der Waals surface area contributed by atoms with Gasteiger partial charge in [-0.15, -0.1) is 24.0 Å². The van der Waals surface area contributed by atoms with Gasteiger partial charge in [0.25, 0.3) is 0 Å². The molecule has 7 heteroatoms. The predicted molar refractivity (Wildman–Crippen MR) is 82.2 cm³/mol. The van der Waals surface area contributed by atoms with Crippen molar-refractivity contribution in [2.24, 2.45) is 16.5 Å². The molecule has 0 aliphatic heterocycles. The first kappa shape index (κ1) is 16.3. The third-order valence-corrected chi connectivity index (χ3v) is 2.53. The highest BCUT2D eigenvalue weighted by Crippen LogP contribution is 2.36.